The molecule has 14 nitrogen and oxygen atoms in total. The Morgan fingerprint density at radius 3 is 2.75 bits per heavy atom. The fourth-order valence-corrected chi connectivity index (χ4v) is 5.54. The molecular weight excluding hydrogens is 493 g/mol. The van der Waals surface area contributed by atoms with Gasteiger partial charge in [-0.25, -0.2) is 29.7 Å². The molecule has 1 fully saturated rings. The maximum atomic E-state index is 13.7. The Kier molecular flexibility index (Phi) is 7.27. The van der Waals surface area contributed by atoms with Crippen molar-refractivity contribution >= 4 is 30.6 Å². The van der Waals surface area contributed by atoms with Crippen molar-refractivity contribution in [2.45, 2.75) is 43.9 Å². The molecule has 1 aliphatic rings. The number of aliphatic hydroxyl groups excluding tert-OH is 1. The molecule has 1 unspecified atom stereocenters. The van der Waals surface area contributed by atoms with E-state index in [1.807, 2.05) is 0 Å². The monoisotopic (exact) mass is 521 g/mol. The van der Waals surface area contributed by atoms with E-state index < -0.39 is 43.7 Å². The Labute approximate surface area is 206 Å². The summed E-state index contributed by atoms with van der Waals surface area (Å²) in [5.74, 6) is -0.222. The van der Waals surface area contributed by atoms with E-state index in [4.69, 9.17) is 19.7 Å². The van der Waals surface area contributed by atoms with Crippen LogP contribution in [-0.2, 0) is 18.8 Å². The number of rotatable bonds is 9. The SMILES string of the molecule is COC(=O)[C@H](C)NP(=O)(NC[C@H]1O[C@@H](n2cnc3c(N)ncnc32)[C@](C)(O)[C@@H]1O)Oc1ccccc1. The van der Waals surface area contributed by atoms with Crippen LogP contribution in [0.4, 0.5) is 5.82 Å². The van der Waals surface area contributed by atoms with Gasteiger partial charge in [-0.15, -0.1) is 0 Å². The van der Waals surface area contributed by atoms with E-state index >= 15 is 0 Å². The van der Waals surface area contributed by atoms with Crippen LogP contribution in [-0.4, -0.2) is 73.2 Å². The molecule has 1 saturated heterocycles. The average molecular weight is 521 g/mol. The number of para-hydroxylation sites is 1. The van der Waals surface area contributed by atoms with E-state index in [9.17, 15) is 19.6 Å². The van der Waals surface area contributed by atoms with Crippen LogP contribution in [0.3, 0.4) is 0 Å². The largest absolute Gasteiger partial charge is 0.468 e. The van der Waals surface area contributed by atoms with Gasteiger partial charge in [0, 0.05) is 6.54 Å². The molecular formula is C21H28N7O7P. The predicted octanol–water partition coefficient (Wildman–Crippen LogP) is 0.346. The lowest BCUT2D eigenvalue weighted by Gasteiger charge is -2.27. The molecule has 6 atom stereocenters. The number of nitrogen functional groups attached to an aromatic ring is 1. The van der Waals surface area contributed by atoms with Gasteiger partial charge < -0.3 is 29.9 Å². The summed E-state index contributed by atoms with van der Waals surface area (Å²) in [4.78, 5) is 24.1. The van der Waals surface area contributed by atoms with Crippen LogP contribution in [0.15, 0.2) is 43.0 Å². The third-order valence-corrected chi connectivity index (χ3v) is 7.58. The first-order valence-corrected chi connectivity index (χ1v) is 12.6. The molecule has 194 valence electrons. The van der Waals surface area contributed by atoms with Crippen molar-refractivity contribution in [3.05, 3.63) is 43.0 Å². The van der Waals surface area contributed by atoms with E-state index in [1.54, 1.807) is 30.3 Å². The summed E-state index contributed by atoms with van der Waals surface area (Å²) >= 11 is 0. The van der Waals surface area contributed by atoms with Crippen LogP contribution in [0, 0.1) is 0 Å². The standard InChI is InChI=1S/C21H28N7O7P/c1-12(19(30)33-3)27-36(32,35-13-7-5-4-6-8-13)26-9-14-16(29)21(2,31)20(34-14)28-11-25-15-17(22)23-10-24-18(15)28/h4-8,10-12,14,16,20,29,31H,9H2,1-3H3,(H2,22,23,24)(H2,26,27,32)/t12-,14+,16+,20+,21+,36?/m0/s1. The highest BCUT2D eigenvalue weighted by atomic mass is 31.2. The van der Waals surface area contributed by atoms with Crippen LogP contribution in [0.5, 0.6) is 5.75 Å². The van der Waals surface area contributed by atoms with Crippen molar-refractivity contribution in [1.82, 2.24) is 29.7 Å². The molecule has 3 aromatic rings. The number of benzene rings is 1. The van der Waals surface area contributed by atoms with E-state index in [0.29, 0.717) is 11.2 Å². The molecule has 3 heterocycles. The minimum Gasteiger partial charge on any atom is -0.468 e. The maximum absolute atomic E-state index is 13.7. The predicted molar refractivity (Wildman–Crippen MR) is 128 cm³/mol. The Hall–Kier alpha value is -3.13. The fourth-order valence-electron chi connectivity index (χ4n) is 3.88. The zero-order valence-corrected chi connectivity index (χ0v) is 20.7. The first-order valence-electron chi connectivity index (χ1n) is 11.0. The van der Waals surface area contributed by atoms with Crippen LogP contribution in [0.25, 0.3) is 11.2 Å². The van der Waals surface area contributed by atoms with E-state index in [-0.39, 0.29) is 18.1 Å². The van der Waals surface area contributed by atoms with Crippen molar-refractivity contribution in [1.29, 1.82) is 0 Å². The van der Waals surface area contributed by atoms with Gasteiger partial charge in [-0.2, -0.15) is 0 Å². The third kappa shape index (κ3) is 5.05. The van der Waals surface area contributed by atoms with Gasteiger partial charge in [0.05, 0.1) is 13.4 Å². The second-order valence-electron chi connectivity index (χ2n) is 8.47. The van der Waals surface area contributed by atoms with Gasteiger partial charge in [0.2, 0.25) is 0 Å². The Bertz CT molecular complexity index is 1270. The zero-order valence-electron chi connectivity index (χ0n) is 19.8. The fraction of sp³-hybridized carbons (Fsp3) is 0.429. The number of fused-ring (bicyclic) bond motifs is 1. The van der Waals surface area contributed by atoms with Crippen LogP contribution >= 0.6 is 7.67 Å². The molecule has 4 rings (SSSR count). The highest BCUT2D eigenvalue weighted by Crippen LogP contribution is 2.43. The molecule has 0 radical (unpaired) electrons. The average Bonchev–Trinajstić information content (AvgIpc) is 3.37. The van der Waals surface area contributed by atoms with Gasteiger partial charge >= 0.3 is 13.6 Å². The van der Waals surface area contributed by atoms with Gasteiger partial charge in [-0.3, -0.25) is 9.36 Å². The molecule has 2 aromatic heterocycles. The smallest absolute Gasteiger partial charge is 0.391 e. The number of nitrogens with zero attached hydrogens (tertiary/aromatic N) is 4. The molecule has 0 spiro atoms. The molecule has 0 saturated carbocycles. The summed E-state index contributed by atoms with van der Waals surface area (Å²) in [5, 5.41) is 27.3. The lowest BCUT2D eigenvalue weighted by molar-refractivity contribution is -0.142. The number of carbonyl (C=O) groups excluding carboxylic acids is 1. The summed E-state index contributed by atoms with van der Waals surface area (Å²) in [6.45, 7) is 2.65. The van der Waals surface area contributed by atoms with Gasteiger partial charge in [-0.05, 0) is 26.0 Å². The van der Waals surface area contributed by atoms with Crippen molar-refractivity contribution in [3.8, 4) is 5.75 Å². The van der Waals surface area contributed by atoms with Crippen molar-refractivity contribution in [3.63, 3.8) is 0 Å². The number of hydrogen-bond donors (Lipinski definition) is 5. The van der Waals surface area contributed by atoms with Gasteiger partial charge in [0.15, 0.2) is 17.7 Å². The molecule has 15 heteroatoms. The molecule has 1 aromatic carbocycles. The van der Waals surface area contributed by atoms with Crippen molar-refractivity contribution in [2.75, 3.05) is 19.4 Å². The maximum Gasteiger partial charge on any atom is 0.391 e. The van der Waals surface area contributed by atoms with Crippen molar-refractivity contribution < 1.29 is 33.6 Å². The van der Waals surface area contributed by atoms with Gasteiger partial charge in [-0.1, -0.05) is 18.2 Å². The second kappa shape index (κ2) is 10.1. The first kappa shape index (κ1) is 25.9. The lowest BCUT2D eigenvalue weighted by atomic mass is 9.96. The summed E-state index contributed by atoms with van der Waals surface area (Å²) in [5.41, 5.74) is 4.69. The number of carbonyl (C=O) groups is 1. The normalized spacial score (nSPS) is 26.4. The van der Waals surface area contributed by atoms with Gasteiger partial charge in [0.25, 0.3) is 0 Å². The van der Waals surface area contributed by atoms with Crippen molar-refractivity contribution in [2.24, 2.45) is 0 Å². The summed E-state index contributed by atoms with van der Waals surface area (Å²) < 4.78 is 31.4. The summed E-state index contributed by atoms with van der Waals surface area (Å²) in [6.07, 6.45) is -0.921. The highest BCUT2D eigenvalue weighted by Gasteiger charge is 2.53. The van der Waals surface area contributed by atoms with E-state index in [2.05, 4.69) is 25.1 Å². The van der Waals surface area contributed by atoms with Crippen LogP contribution in [0.2, 0.25) is 0 Å². The quantitative estimate of drug-likeness (QED) is 0.191. The first-order chi connectivity index (χ1) is 17.1. The molecule has 1 aliphatic heterocycles. The Morgan fingerprint density at radius 1 is 1.33 bits per heavy atom. The second-order valence-corrected chi connectivity index (χ2v) is 10.3. The highest BCUT2D eigenvalue weighted by molar-refractivity contribution is 7.55. The lowest BCUT2D eigenvalue weighted by Crippen LogP contribution is -2.46. The number of nitrogens with one attached hydrogen (secondary N) is 2. The third-order valence-electron chi connectivity index (χ3n) is 5.79. The van der Waals surface area contributed by atoms with Crippen LogP contribution in [0.1, 0.15) is 20.1 Å². The van der Waals surface area contributed by atoms with E-state index in [0.717, 1.165) is 0 Å². The topological polar surface area (TPSA) is 196 Å². The molecule has 36 heavy (non-hydrogen) atoms. The number of anilines is 1. The molecule has 6 N–H and O–H groups in total. The minimum absolute atomic E-state index is 0.153. The number of esters is 1. The number of hydrogen-bond acceptors (Lipinski definition) is 11. The molecule has 0 bridgehead atoms. The zero-order chi connectivity index (χ0) is 26.1. The minimum atomic E-state index is -3.94. The van der Waals surface area contributed by atoms with Crippen LogP contribution < -0.4 is 20.4 Å². The summed E-state index contributed by atoms with van der Waals surface area (Å²) in [7, 11) is -2.73. The van der Waals surface area contributed by atoms with E-state index in [1.165, 1.54) is 38.2 Å². The Morgan fingerprint density at radius 2 is 2.06 bits per heavy atom. The number of ether oxygens (including phenoxy) is 2. The molecule has 0 amide bonds. The number of aliphatic hydroxyl groups is 2. The number of imidazole rings is 1. The van der Waals surface area contributed by atoms with Gasteiger partial charge in [0.1, 0.15) is 41.4 Å². The number of nitrogens with two attached hydrogens (primary N) is 1. The Balaban J connectivity index is 1.55. The number of methoxy groups -OCH3 is 1. The molecule has 0 aliphatic carbocycles. The summed E-state index contributed by atoms with van der Waals surface area (Å²) in [6, 6.07) is 7.36. The number of aromatic nitrogens is 4.